The summed E-state index contributed by atoms with van der Waals surface area (Å²) in [5, 5.41) is 0. The van der Waals surface area contributed by atoms with Gasteiger partial charge in [0, 0.05) is 12.2 Å². The number of nitrogens with zero attached hydrogens (tertiary/aromatic N) is 1. The molecule has 0 bridgehead atoms. The number of carbonyl (C=O) groups is 1. The van der Waals surface area contributed by atoms with Gasteiger partial charge < -0.3 is 4.90 Å². The van der Waals surface area contributed by atoms with E-state index in [2.05, 4.69) is 22.5 Å². The third kappa shape index (κ3) is 2.14. The third-order valence-electron chi connectivity index (χ3n) is 3.74. The molecule has 2 aromatic carbocycles. The van der Waals surface area contributed by atoms with E-state index in [1.54, 1.807) is 0 Å². The molecule has 0 fully saturated rings. The smallest absolute Gasteiger partial charge is 0.261 e. The minimum absolute atomic E-state index is 0.187. The van der Waals surface area contributed by atoms with Crippen molar-refractivity contribution in [1.29, 1.82) is 0 Å². The number of carbonyl (C=O) groups excluding carboxylic acids is 1. The zero-order valence-corrected chi connectivity index (χ0v) is 11.1. The van der Waals surface area contributed by atoms with Crippen LogP contribution in [0.5, 0.6) is 0 Å². The van der Waals surface area contributed by atoms with Gasteiger partial charge in [0.2, 0.25) is 0 Å². The predicted octanol–water partition coefficient (Wildman–Crippen LogP) is 1.78. The molecule has 1 heterocycles. The van der Waals surface area contributed by atoms with E-state index in [1.807, 2.05) is 42.5 Å². The first-order valence-corrected chi connectivity index (χ1v) is 6.71. The number of anilines is 1. The van der Waals surface area contributed by atoms with E-state index in [1.165, 1.54) is 5.56 Å². The molecule has 0 saturated heterocycles. The van der Waals surface area contributed by atoms with Crippen LogP contribution in [0.1, 0.15) is 17.2 Å². The first-order chi connectivity index (χ1) is 9.81. The first-order valence-electron chi connectivity index (χ1n) is 6.71. The fourth-order valence-corrected chi connectivity index (χ4v) is 2.82. The van der Waals surface area contributed by atoms with E-state index in [-0.39, 0.29) is 11.9 Å². The van der Waals surface area contributed by atoms with Crippen LogP contribution in [0.15, 0.2) is 54.6 Å². The Labute approximate surface area is 118 Å². The summed E-state index contributed by atoms with van der Waals surface area (Å²) in [4.78, 5) is 14.3. The van der Waals surface area contributed by atoms with Crippen molar-refractivity contribution in [2.24, 2.45) is 5.84 Å². The fourth-order valence-electron chi connectivity index (χ4n) is 2.82. The molecular formula is C16H17N3O. The van der Waals surface area contributed by atoms with Crippen molar-refractivity contribution in [3.05, 3.63) is 65.7 Å². The second-order valence-corrected chi connectivity index (χ2v) is 4.89. The Morgan fingerprint density at radius 3 is 2.55 bits per heavy atom. The summed E-state index contributed by atoms with van der Waals surface area (Å²) in [6.45, 7) is 0.826. The molecule has 0 spiro atoms. The van der Waals surface area contributed by atoms with Crippen molar-refractivity contribution in [2.45, 2.75) is 12.5 Å². The van der Waals surface area contributed by atoms with Crippen LogP contribution in [0, 0.1) is 0 Å². The third-order valence-corrected chi connectivity index (χ3v) is 3.74. The number of fused-ring (bicyclic) bond motifs is 1. The van der Waals surface area contributed by atoms with Gasteiger partial charge in [0.05, 0.1) is 0 Å². The molecule has 1 amide bonds. The standard InChI is InChI=1S/C16H17N3O/c17-18-16(20)15(13-7-2-1-3-8-13)19-11-10-12-6-4-5-9-14(12)19/h1-9,15H,10-11,17H2,(H,18,20). The summed E-state index contributed by atoms with van der Waals surface area (Å²) in [6, 6.07) is 17.6. The quantitative estimate of drug-likeness (QED) is 0.506. The van der Waals surface area contributed by atoms with Gasteiger partial charge in [-0.15, -0.1) is 0 Å². The molecule has 0 aromatic heterocycles. The first kappa shape index (κ1) is 12.7. The summed E-state index contributed by atoms with van der Waals surface area (Å²) in [5.74, 6) is 5.18. The van der Waals surface area contributed by atoms with Gasteiger partial charge >= 0.3 is 0 Å². The van der Waals surface area contributed by atoms with Crippen molar-refractivity contribution >= 4 is 11.6 Å². The fraction of sp³-hybridized carbons (Fsp3) is 0.188. The highest BCUT2D eigenvalue weighted by molar-refractivity contribution is 5.87. The zero-order chi connectivity index (χ0) is 13.9. The lowest BCUT2D eigenvalue weighted by Crippen LogP contribution is -2.42. The van der Waals surface area contributed by atoms with E-state index in [9.17, 15) is 4.79 Å². The molecule has 4 heteroatoms. The summed E-state index contributed by atoms with van der Waals surface area (Å²) >= 11 is 0. The maximum absolute atomic E-state index is 12.2. The molecule has 1 aliphatic heterocycles. The number of rotatable bonds is 3. The van der Waals surface area contributed by atoms with Crippen LogP contribution in [0.4, 0.5) is 5.69 Å². The van der Waals surface area contributed by atoms with Crippen molar-refractivity contribution in [3.63, 3.8) is 0 Å². The molecule has 0 aliphatic carbocycles. The zero-order valence-electron chi connectivity index (χ0n) is 11.1. The Morgan fingerprint density at radius 1 is 1.10 bits per heavy atom. The number of hydrazine groups is 1. The summed E-state index contributed by atoms with van der Waals surface area (Å²) in [6.07, 6.45) is 0.956. The number of para-hydroxylation sites is 1. The van der Waals surface area contributed by atoms with Gasteiger partial charge in [-0.25, -0.2) is 5.84 Å². The van der Waals surface area contributed by atoms with Crippen LogP contribution >= 0.6 is 0 Å². The lowest BCUT2D eigenvalue weighted by Gasteiger charge is -2.29. The van der Waals surface area contributed by atoms with Crippen LogP contribution in [-0.4, -0.2) is 12.5 Å². The molecule has 0 saturated carbocycles. The van der Waals surface area contributed by atoms with Gasteiger partial charge in [-0.1, -0.05) is 48.5 Å². The summed E-state index contributed by atoms with van der Waals surface area (Å²) < 4.78 is 0. The van der Waals surface area contributed by atoms with E-state index in [0.29, 0.717) is 0 Å². The average Bonchev–Trinajstić information content (AvgIpc) is 2.92. The Kier molecular flexibility index (Phi) is 3.39. The molecule has 2 aromatic rings. The van der Waals surface area contributed by atoms with Gasteiger partial charge in [0.15, 0.2) is 0 Å². The Bertz CT molecular complexity index is 612. The van der Waals surface area contributed by atoms with E-state index < -0.39 is 0 Å². The van der Waals surface area contributed by atoms with Crippen LogP contribution < -0.4 is 16.2 Å². The Balaban J connectivity index is 2.02. The topological polar surface area (TPSA) is 58.4 Å². The van der Waals surface area contributed by atoms with Gasteiger partial charge in [0.1, 0.15) is 6.04 Å². The molecule has 20 heavy (non-hydrogen) atoms. The summed E-state index contributed by atoms with van der Waals surface area (Å²) in [5.41, 5.74) is 5.63. The van der Waals surface area contributed by atoms with Crippen LogP contribution in [0.2, 0.25) is 0 Å². The van der Waals surface area contributed by atoms with Crippen molar-refractivity contribution in [1.82, 2.24) is 5.43 Å². The maximum atomic E-state index is 12.2. The number of nitrogens with two attached hydrogens (primary N) is 1. The maximum Gasteiger partial charge on any atom is 0.261 e. The monoisotopic (exact) mass is 267 g/mol. The van der Waals surface area contributed by atoms with E-state index in [0.717, 1.165) is 24.2 Å². The molecule has 1 aliphatic rings. The van der Waals surface area contributed by atoms with E-state index >= 15 is 0 Å². The molecular weight excluding hydrogens is 250 g/mol. The van der Waals surface area contributed by atoms with Crippen molar-refractivity contribution in [3.8, 4) is 0 Å². The molecule has 3 N–H and O–H groups in total. The van der Waals surface area contributed by atoms with E-state index in [4.69, 9.17) is 5.84 Å². The number of benzene rings is 2. The summed E-state index contributed by atoms with van der Waals surface area (Å²) in [7, 11) is 0. The lowest BCUT2D eigenvalue weighted by atomic mass is 10.0. The second-order valence-electron chi connectivity index (χ2n) is 4.89. The van der Waals surface area contributed by atoms with Crippen LogP contribution in [0.3, 0.4) is 0 Å². The largest absolute Gasteiger partial charge is 0.355 e. The Hall–Kier alpha value is -2.33. The minimum Gasteiger partial charge on any atom is -0.355 e. The SMILES string of the molecule is NNC(=O)C(c1ccccc1)N1CCc2ccccc21. The highest BCUT2D eigenvalue weighted by Crippen LogP contribution is 2.34. The van der Waals surface area contributed by atoms with Gasteiger partial charge in [0.25, 0.3) is 5.91 Å². The van der Waals surface area contributed by atoms with Gasteiger partial charge in [-0.3, -0.25) is 10.2 Å². The molecule has 4 nitrogen and oxygen atoms in total. The van der Waals surface area contributed by atoms with Crippen molar-refractivity contribution < 1.29 is 4.79 Å². The van der Waals surface area contributed by atoms with Gasteiger partial charge in [-0.2, -0.15) is 0 Å². The number of nitrogens with one attached hydrogen (secondary N) is 1. The molecule has 3 rings (SSSR count). The molecule has 1 unspecified atom stereocenters. The molecule has 0 radical (unpaired) electrons. The lowest BCUT2D eigenvalue weighted by molar-refractivity contribution is -0.122. The predicted molar refractivity (Wildman–Crippen MR) is 79.0 cm³/mol. The Morgan fingerprint density at radius 2 is 1.80 bits per heavy atom. The highest BCUT2D eigenvalue weighted by atomic mass is 16.2. The minimum atomic E-state index is -0.384. The van der Waals surface area contributed by atoms with Gasteiger partial charge in [-0.05, 0) is 23.6 Å². The number of amides is 1. The number of hydrogen-bond acceptors (Lipinski definition) is 3. The average molecular weight is 267 g/mol. The van der Waals surface area contributed by atoms with Crippen LogP contribution in [0.25, 0.3) is 0 Å². The second kappa shape index (κ2) is 5.35. The molecule has 1 atom stereocenters. The van der Waals surface area contributed by atoms with Crippen LogP contribution in [-0.2, 0) is 11.2 Å². The normalized spacial score (nSPS) is 14.8. The number of hydrogen-bond donors (Lipinski definition) is 2. The molecule has 102 valence electrons. The highest BCUT2D eigenvalue weighted by Gasteiger charge is 2.31. The van der Waals surface area contributed by atoms with Crippen molar-refractivity contribution in [2.75, 3.05) is 11.4 Å².